The van der Waals surface area contributed by atoms with E-state index in [1.807, 2.05) is 6.92 Å². The maximum absolute atomic E-state index is 9.36. The van der Waals surface area contributed by atoms with Crippen LogP contribution in [0.3, 0.4) is 0 Å². The number of aromatic nitrogens is 1. The van der Waals surface area contributed by atoms with Crippen LogP contribution in [0.4, 0.5) is 5.82 Å². The van der Waals surface area contributed by atoms with Crippen molar-refractivity contribution < 1.29 is 10.2 Å². The van der Waals surface area contributed by atoms with Crippen molar-refractivity contribution in [3.63, 3.8) is 0 Å². The van der Waals surface area contributed by atoms with Crippen LogP contribution in [0.1, 0.15) is 16.8 Å². The van der Waals surface area contributed by atoms with Crippen LogP contribution in [0, 0.1) is 25.2 Å². The Balaban J connectivity index is 2.97. The van der Waals surface area contributed by atoms with Crippen LogP contribution in [0.25, 0.3) is 0 Å². The molecule has 0 saturated carbocycles. The molecule has 17 heavy (non-hydrogen) atoms. The largest absolute Gasteiger partial charge is 0.394 e. The number of anilines is 1. The third kappa shape index (κ3) is 3.16. The first-order valence-corrected chi connectivity index (χ1v) is 5.38. The SMILES string of the molecule is Cc1cc(N(C)CC(O)CO)nc(C)c1C#N. The number of nitriles is 1. The van der Waals surface area contributed by atoms with E-state index in [-0.39, 0.29) is 6.61 Å². The van der Waals surface area contributed by atoms with Gasteiger partial charge < -0.3 is 15.1 Å². The van der Waals surface area contributed by atoms with Crippen molar-refractivity contribution in [2.45, 2.75) is 20.0 Å². The van der Waals surface area contributed by atoms with E-state index in [1.54, 1.807) is 24.9 Å². The van der Waals surface area contributed by atoms with Crippen LogP contribution < -0.4 is 4.90 Å². The summed E-state index contributed by atoms with van der Waals surface area (Å²) in [7, 11) is 1.78. The molecule has 92 valence electrons. The maximum atomic E-state index is 9.36. The Morgan fingerprint density at radius 3 is 2.65 bits per heavy atom. The molecular weight excluding hydrogens is 218 g/mol. The smallest absolute Gasteiger partial charge is 0.128 e. The zero-order chi connectivity index (χ0) is 13.0. The molecule has 0 fully saturated rings. The molecule has 1 unspecified atom stereocenters. The van der Waals surface area contributed by atoms with E-state index >= 15 is 0 Å². The number of aryl methyl sites for hydroxylation is 2. The van der Waals surface area contributed by atoms with Gasteiger partial charge in [-0.15, -0.1) is 0 Å². The highest BCUT2D eigenvalue weighted by Crippen LogP contribution is 2.18. The number of aliphatic hydroxyl groups is 2. The summed E-state index contributed by atoms with van der Waals surface area (Å²) >= 11 is 0. The Labute approximate surface area is 101 Å². The Bertz CT molecular complexity index is 417. The number of pyridine rings is 1. The monoisotopic (exact) mass is 235 g/mol. The third-order valence-corrected chi connectivity index (χ3v) is 2.58. The normalized spacial score (nSPS) is 12.0. The van der Waals surface area contributed by atoms with Gasteiger partial charge in [0.05, 0.1) is 24.0 Å². The maximum Gasteiger partial charge on any atom is 0.128 e. The third-order valence-electron chi connectivity index (χ3n) is 2.58. The lowest BCUT2D eigenvalue weighted by Gasteiger charge is -2.21. The number of hydrogen-bond donors (Lipinski definition) is 2. The van der Waals surface area contributed by atoms with Crippen LogP contribution >= 0.6 is 0 Å². The molecule has 0 aliphatic rings. The van der Waals surface area contributed by atoms with Crippen molar-refractivity contribution in [2.75, 3.05) is 25.1 Å². The molecule has 0 amide bonds. The molecule has 0 aliphatic heterocycles. The zero-order valence-corrected chi connectivity index (χ0v) is 10.3. The van der Waals surface area contributed by atoms with Crippen molar-refractivity contribution in [1.29, 1.82) is 5.26 Å². The minimum Gasteiger partial charge on any atom is -0.394 e. The van der Waals surface area contributed by atoms with Crippen LogP contribution in [0.5, 0.6) is 0 Å². The Kier molecular flexibility index (Phi) is 4.44. The molecule has 1 rings (SSSR count). The van der Waals surface area contributed by atoms with E-state index in [9.17, 15) is 5.11 Å². The molecule has 5 nitrogen and oxygen atoms in total. The van der Waals surface area contributed by atoms with E-state index in [4.69, 9.17) is 10.4 Å². The average Bonchev–Trinajstić information content (AvgIpc) is 2.28. The topological polar surface area (TPSA) is 80.4 Å². The molecule has 0 aliphatic carbocycles. The van der Waals surface area contributed by atoms with Crippen molar-refractivity contribution in [1.82, 2.24) is 4.98 Å². The summed E-state index contributed by atoms with van der Waals surface area (Å²) in [4.78, 5) is 6.05. The van der Waals surface area contributed by atoms with Gasteiger partial charge in [-0.25, -0.2) is 4.98 Å². The molecule has 0 radical (unpaired) electrons. The molecule has 0 spiro atoms. The molecule has 0 saturated heterocycles. The number of nitrogens with zero attached hydrogens (tertiary/aromatic N) is 3. The van der Waals surface area contributed by atoms with Crippen molar-refractivity contribution >= 4 is 5.82 Å². The van der Waals surface area contributed by atoms with E-state index in [1.165, 1.54) is 0 Å². The minimum atomic E-state index is -0.793. The lowest BCUT2D eigenvalue weighted by Crippen LogP contribution is -2.32. The van der Waals surface area contributed by atoms with E-state index in [2.05, 4.69) is 11.1 Å². The van der Waals surface area contributed by atoms with Gasteiger partial charge in [-0.05, 0) is 25.5 Å². The van der Waals surface area contributed by atoms with Crippen molar-refractivity contribution in [2.24, 2.45) is 0 Å². The highest BCUT2D eigenvalue weighted by Gasteiger charge is 2.12. The second kappa shape index (κ2) is 5.62. The van der Waals surface area contributed by atoms with Gasteiger partial charge in [0.2, 0.25) is 0 Å². The predicted octanol–water partition coefficient (Wildman–Crippen LogP) is 0.360. The van der Waals surface area contributed by atoms with E-state index in [0.29, 0.717) is 23.6 Å². The fraction of sp³-hybridized carbons (Fsp3) is 0.500. The van der Waals surface area contributed by atoms with Crippen LogP contribution in [0.15, 0.2) is 6.07 Å². The van der Waals surface area contributed by atoms with E-state index in [0.717, 1.165) is 5.56 Å². The highest BCUT2D eigenvalue weighted by atomic mass is 16.3. The summed E-state index contributed by atoms with van der Waals surface area (Å²) in [5.41, 5.74) is 2.12. The first-order chi connectivity index (χ1) is 7.99. The molecule has 1 aromatic heterocycles. The summed E-state index contributed by atoms with van der Waals surface area (Å²) in [5, 5.41) is 27.1. The molecule has 1 aromatic rings. The quantitative estimate of drug-likeness (QED) is 0.787. The fourth-order valence-corrected chi connectivity index (χ4v) is 1.64. The molecule has 1 atom stereocenters. The van der Waals surface area contributed by atoms with Gasteiger partial charge in [-0.2, -0.15) is 5.26 Å². The van der Waals surface area contributed by atoms with Gasteiger partial charge in [0.25, 0.3) is 0 Å². The summed E-state index contributed by atoms with van der Waals surface area (Å²) in [6.07, 6.45) is -0.793. The molecule has 2 N–H and O–H groups in total. The number of rotatable bonds is 4. The van der Waals surface area contributed by atoms with Crippen LogP contribution in [-0.4, -0.2) is 41.5 Å². The fourth-order valence-electron chi connectivity index (χ4n) is 1.64. The number of likely N-dealkylation sites (N-methyl/N-ethyl adjacent to an activating group) is 1. The van der Waals surface area contributed by atoms with Gasteiger partial charge in [0.1, 0.15) is 11.9 Å². The van der Waals surface area contributed by atoms with Crippen molar-refractivity contribution in [3.05, 3.63) is 22.9 Å². The summed E-state index contributed by atoms with van der Waals surface area (Å²) in [5.74, 6) is 0.687. The highest BCUT2D eigenvalue weighted by molar-refractivity contribution is 5.49. The lowest BCUT2D eigenvalue weighted by molar-refractivity contribution is 0.101. The molecule has 0 bridgehead atoms. The molecule has 1 heterocycles. The second-order valence-electron chi connectivity index (χ2n) is 4.09. The Hall–Kier alpha value is -1.64. The Morgan fingerprint density at radius 1 is 1.53 bits per heavy atom. The number of aliphatic hydroxyl groups excluding tert-OH is 2. The second-order valence-corrected chi connectivity index (χ2v) is 4.09. The molecule has 0 aromatic carbocycles. The van der Waals surface area contributed by atoms with E-state index < -0.39 is 6.10 Å². The minimum absolute atomic E-state index is 0.279. The lowest BCUT2D eigenvalue weighted by atomic mass is 10.1. The predicted molar refractivity (Wildman–Crippen MR) is 64.8 cm³/mol. The first kappa shape index (κ1) is 13.4. The van der Waals surface area contributed by atoms with Crippen LogP contribution in [0.2, 0.25) is 0 Å². The van der Waals surface area contributed by atoms with Gasteiger partial charge in [0, 0.05) is 13.6 Å². The molecule has 5 heteroatoms. The average molecular weight is 235 g/mol. The zero-order valence-electron chi connectivity index (χ0n) is 10.3. The van der Waals surface area contributed by atoms with Gasteiger partial charge >= 0.3 is 0 Å². The Morgan fingerprint density at radius 2 is 2.18 bits per heavy atom. The van der Waals surface area contributed by atoms with Crippen molar-refractivity contribution in [3.8, 4) is 6.07 Å². The number of hydrogen-bond acceptors (Lipinski definition) is 5. The van der Waals surface area contributed by atoms with Gasteiger partial charge in [-0.1, -0.05) is 0 Å². The van der Waals surface area contributed by atoms with Crippen LogP contribution in [-0.2, 0) is 0 Å². The summed E-state index contributed by atoms with van der Waals surface area (Å²) in [6.45, 7) is 3.66. The first-order valence-electron chi connectivity index (χ1n) is 5.38. The summed E-state index contributed by atoms with van der Waals surface area (Å²) in [6, 6.07) is 3.91. The molecular formula is C12H17N3O2. The van der Waals surface area contributed by atoms with Gasteiger partial charge in [-0.3, -0.25) is 0 Å². The standard InChI is InChI=1S/C12H17N3O2/c1-8-4-12(14-9(2)11(8)5-13)15(3)6-10(17)7-16/h4,10,16-17H,6-7H2,1-3H3. The summed E-state index contributed by atoms with van der Waals surface area (Å²) < 4.78 is 0. The van der Waals surface area contributed by atoms with Gasteiger partial charge in [0.15, 0.2) is 0 Å².